The lowest BCUT2D eigenvalue weighted by Crippen LogP contribution is -2.23. The number of H-pyrrole nitrogens is 1. The molecule has 1 unspecified atom stereocenters. The molecule has 1 aliphatic heterocycles. The van der Waals surface area contributed by atoms with Crippen LogP contribution in [0.4, 0.5) is 0 Å². The fourth-order valence-electron chi connectivity index (χ4n) is 2.33. The van der Waals surface area contributed by atoms with Crippen LogP contribution < -0.4 is 5.69 Å². The molecule has 92 valence electrons. The molecule has 6 heteroatoms. The number of likely N-dealkylation sites (N-methyl/N-ethyl adjacent to an activating group) is 1. The smallest absolute Gasteiger partial charge is 0.345 e. The van der Waals surface area contributed by atoms with Gasteiger partial charge in [-0.25, -0.2) is 9.59 Å². The van der Waals surface area contributed by atoms with Crippen molar-refractivity contribution in [2.75, 3.05) is 20.1 Å². The number of carboxylic acids is 1. The minimum atomic E-state index is -1.03. The van der Waals surface area contributed by atoms with Gasteiger partial charge in [0.2, 0.25) is 0 Å². The topological polar surface area (TPSA) is 86.3 Å². The lowest BCUT2D eigenvalue weighted by Gasteiger charge is -2.13. The first-order valence-corrected chi connectivity index (χ1v) is 5.51. The molecule has 1 atom stereocenters. The summed E-state index contributed by atoms with van der Waals surface area (Å²) in [5, 5.41) is 9.19. The Morgan fingerprint density at radius 3 is 2.82 bits per heavy atom. The molecular weight excluding hydrogens is 222 g/mol. The van der Waals surface area contributed by atoms with Crippen molar-refractivity contribution in [3.05, 3.63) is 27.4 Å². The van der Waals surface area contributed by atoms with Gasteiger partial charge in [0.25, 0.3) is 0 Å². The van der Waals surface area contributed by atoms with Crippen LogP contribution in [0.5, 0.6) is 0 Å². The standard InChI is InChI=1S/C11H15N3O3/c1-6-8(10(15)16)9(13-11(17)12-6)7-3-4-14(2)5-7/h7H,3-5H2,1-2H3,(H,15,16)(H,12,13,17). The number of carboxylic acid groups (broad SMARTS) is 1. The number of likely N-dealkylation sites (tertiary alicyclic amines) is 1. The zero-order valence-corrected chi connectivity index (χ0v) is 9.86. The molecule has 6 nitrogen and oxygen atoms in total. The van der Waals surface area contributed by atoms with E-state index in [9.17, 15) is 14.7 Å². The fourth-order valence-corrected chi connectivity index (χ4v) is 2.33. The molecule has 2 N–H and O–H groups in total. The predicted molar refractivity (Wildman–Crippen MR) is 61.4 cm³/mol. The summed E-state index contributed by atoms with van der Waals surface area (Å²) >= 11 is 0. The molecule has 2 rings (SSSR count). The number of aromatic carboxylic acids is 1. The van der Waals surface area contributed by atoms with E-state index < -0.39 is 11.7 Å². The number of aryl methyl sites for hydroxylation is 1. The number of carbonyl (C=O) groups is 1. The van der Waals surface area contributed by atoms with Gasteiger partial charge in [0, 0.05) is 18.2 Å². The van der Waals surface area contributed by atoms with Gasteiger partial charge in [0.05, 0.1) is 5.69 Å². The highest BCUT2D eigenvalue weighted by atomic mass is 16.4. The highest BCUT2D eigenvalue weighted by Gasteiger charge is 2.28. The van der Waals surface area contributed by atoms with Crippen LogP contribution in [0.1, 0.15) is 34.1 Å². The van der Waals surface area contributed by atoms with E-state index in [2.05, 4.69) is 14.9 Å². The average molecular weight is 237 g/mol. The van der Waals surface area contributed by atoms with Gasteiger partial charge in [0.15, 0.2) is 0 Å². The second-order valence-corrected chi connectivity index (χ2v) is 4.48. The molecule has 1 aromatic rings. The molecule has 1 aliphatic rings. The van der Waals surface area contributed by atoms with E-state index in [-0.39, 0.29) is 11.5 Å². The first-order chi connectivity index (χ1) is 7.99. The van der Waals surface area contributed by atoms with Crippen LogP contribution in [-0.4, -0.2) is 46.1 Å². The van der Waals surface area contributed by atoms with Crippen LogP contribution in [0.25, 0.3) is 0 Å². The Hall–Kier alpha value is -1.69. The number of nitrogens with zero attached hydrogens (tertiary/aromatic N) is 2. The van der Waals surface area contributed by atoms with Crippen molar-refractivity contribution in [1.29, 1.82) is 0 Å². The van der Waals surface area contributed by atoms with Crippen LogP contribution in [0, 0.1) is 6.92 Å². The maximum absolute atomic E-state index is 11.4. The van der Waals surface area contributed by atoms with E-state index in [0.717, 1.165) is 19.5 Å². The molecule has 0 amide bonds. The highest BCUT2D eigenvalue weighted by Crippen LogP contribution is 2.27. The molecule has 0 radical (unpaired) electrons. The molecular formula is C11H15N3O3. The number of hydrogen-bond acceptors (Lipinski definition) is 4. The van der Waals surface area contributed by atoms with E-state index in [1.54, 1.807) is 6.92 Å². The van der Waals surface area contributed by atoms with Crippen LogP contribution in [0.15, 0.2) is 4.79 Å². The van der Waals surface area contributed by atoms with Crippen LogP contribution in [0.3, 0.4) is 0 Å². The summed E-state index contributed by atoms with van der Waals surface area (Å²) in [6.07, 6.45) is 0.840. The molecule has 1 aromatic heterocycles. The van der Waals surface area contributed by atoms with Crippen molar-refractivity contribution in [2.24, 2.45) is 0 Å². The van der Waals surface area contributed by atoms with Crippen molar-refractivity contribution >= 4 is 5.97 Å². The molecule has 0 aliphatic carbocycles. The van der Waals surface area contributed by atoms with Crippen LogP contribution in [0.2, 0.25) is 0 Å². The fraction of sp³-hybridized carbons (Fsp3) is 0.545. The van der Waals surface area contributed by atoms with Gasteiger partial charge >= 0.3 is 11.7 Å². The predicted octanol–water partition coefficient (Wildman–Crippen LogP) is 0.196. The highest BCUT2D eigenvalue weighted by molar-refractivity contribution is 5.90. The van der Waals surface area contributed by atoms with Gasteiger partial charge in [0.1, 0.15) is 5.56 Å². The molecule has 2 heterocycles. The second-order valence-electron chi connectivity index (χ2n) is 4.48. The summed E-state index contributed by atoms with van der Waals surface area (Å²) in [6, 6.07) is 0. The molecule has 1 fully saturated rings. The molecule has 0 aromatic carbocycles. The van der Waals surface area contributed by atoms with Crippen molar-refractivity contribution in [3.63, 3.8) is 0 Å². The third-order valence-electron chi connectivity index (χ3n) is 3.14. The van der Waals surface area contributed by atoms with Gasteiger partial charge in [-0.3, -0.25) is 0 Å². The molecule has 0 bridgehead atoms. The zero-order valence-electron chi connectivity index (χ0n) is 9.86. The Bertz CT molecular complexity index is 509. The number of hydrogen-bond donors (Lipinski definition) is 2. The van der Waals surface area contributed by atoms with Crippen molar-refractivity contribution in [3.8, 4) is 0 Å². The van der Waals surface area contributed by atoms with Gasteiger partial charge in [-0.2, -0.15) is 4.98 Å². The van der Waals surface area contributed by atoms with E-state index in [1.807, 2.05) is 7.05 Å². The normalized spacial score (nSPS) is 20.7. The lowest BCUT2D eigenvalue weighted by atomic mass is 9.98. The first kappa shape index (κ1) is 11.8. The third kappa shape index (κ3) is 2.21. The summed E-state index contributed by atoms with van der Waals surface area (Å²) in [4.78, 5) is 31.0. The Balaban J connectivity index is 2.51. The molecule has 1 saturated heterocycles. The quantitative estimate of drug-likeness (QED) is 0.767. The van der Waals surface area contributed by atoms with E-state index in [1.165, 1.54) is 0 Å². The molecule has 17 heavy (non-hydrogen) atoms. The monoisotopic (exact) mass is 237 g/mol. The number of aromatic amines is 1. The minimum absolute atomic E-state index is 0.0344. The van der Waals surface area contributed by atoms with Crippen LogP contribution in [-0.2, 0) is 0 Å². The van der Waals surface area contributed by atoms with E-state index in [4.69, 9.17) is 0 Å². The zero-order chi connectivity index (χ0) is 12.6. The van der Waals surface area contributed by atoms with Crippen molar-refractivity contribution in [2.45, 2.75) is 19.3 Å². The summed E-state index contributed by atoms with van der Waals surface area (Å²) in [6.45, 7) is 3.24. The second kappa shape index (κ2) is 4.29. The maximum atomic E-state index is 11.4. The SMILES string of the molecule is Cc1[nH]c(=O)nc(C2CCN(C)C2)c1C(=O)O. The Kier molecular flexibility index (Phi) is 2.97. The van der Waals surface area contributed by atoms with Gasteiger partial charge in [-0.15, -0.1) is 0 Å². The van der Waals surface area contributed by atoms with Crippen molar-refractivity contribution in [1.82, 2.24) is 14.9 Å². The average Bonchev–Trinajstić information content (AvgIpc) is 2.62. The Morgan fingerprint density at radius 2 is 2.29 bits per heavy atom. The first-order valence-electron chi connectivity index (χ1n) is 5.51. The van der Waals surface area contributed by atoms with Gasteiger partial charge in [-0.05, 0) is 26.9 Å². The number of rotatable bonds is 2. The summed E-state index contributed by atoms with van der Waals surface area (Å²) in [5.41, 5.74) is 0.465. The number of nitrogens with one attached hydrogen (secondary N) is 1. The Morgan fingerprint density at radius 1 is 1.59 bits per heavy atom. The number of aromatic nitrogens is 2. The van der Waals surface area contributed by atoms with E-state index >= 15 is 0 Å². The maximum Gasteiger partial charge on any atom is 0.345 e. The van der Waals surface area contributed by atoms with Gasteiger partial charge < -0.3 is 15.0 Å². The summed E-state index contributed by atoms with van der Waals surface area (Å²) in [7, 11) is 1.97. The molecule has 0 saturated carbocycles. The summed E-state index contributed by atoms with van der Waals surface area (Å²) in [5.74, 6) is -0.997. The van der Waals surface area contributed by atoms with Crippen molar-refractivity contribution < 1.29 is 9.90 Å². The Labute approximate surface area is 98.3 Å². The van der Waals surface area contributed by atoms with Crippen LogP contribution >= 0.6 is 0 Å². The minimum Gasteiger partial charge on any atom is -0.478 e. The largest absolute Gasteiger partial charge is 0.478 e. The molecule has 0 spiro atoms. The van der Waals surface area contributed by atoms with Gasteiger partial charge in [-0.1, -0.05) is 0 Å². The lowest BCUT2D eigenvalue weighted by molar-refractivity contribution is 0.0693. The van der Waals surface area contributed by atoms with E-state index in [0.29, 0.717) is 11.4 Å². The summed E-state index contributed by atoms with van der Waals surface area (Å²) < 4.78 is 0. The third-order valence-corrected chi connectivity index (χ3v) is 3.14.